The number of nitrogens with one attached hydrogen (secondary N) is 1. The van der Waals surface area contributed by atoms with E-state index in [0.29, 0.717) is 18.3 Å². The van der Waals surface area contributed by atoms with Crippen LogP contribution in [0.5, 0.6) is 6.01 Å². The number of aromatic nitrogens is 2. The third-order valence-electron chi connectivity index (χ3n) is 3.16. The van der Waals surface area contributed by atoms with Gasteiger partial charge < -0.3 is 20.2 Å². The molecule has 1 atom stereocenters. The van der Waals surface area contributed by atoms with E-state index in [-0.39, 0.29) is 6.10 Å². The van der Waals surface area contributed by atoms with Crippen LogP contribution in [0.15, 0.2) is 18.2 Å². The van der Waals surface area contributed by atoms with Gasteiger partial charge in [0.25, 0.3) is 6.01 Å². The van der Waals surface area contributed by atoms with Crippen LogP contribution in [0.1, 0.15) is 19.3 Å². The highest BCUT2D eigenvalue weighted by atomic mass is 16.5. The lowest BCUT2D eigenvalue weighted by Gasteiger charge is -2.21. The number of rotatable bonds is 3. The standard InChI is InChI=1S/C13H17N3O2/c14-9-4-5-11-12(7-9)16-13(15-11)18-8-10-3-1-2-6-17-10/h4-5,7,10H,1-3,6,8,14H2,(H,15,16). The minimum Gasteiger partial charge on any atom is -0.462 e. The Balaban J connectivity index is 1.67. The van der Waals surface area contributed by atoms with Crippen LogP contribution < -0.4 is 10.5 Å². The number of hydrogen-bond acceptors (Lipinski definition) is 4. The van der Waals surface area contributed by atoms with Crippen molar-refractivity contribution in [3.8, 4) is 6.01 Å². The van der Waals surface area contributed by atoms with E-state index in [4.69, 9.17) is 15.2 Å². The molecule has 3 rings (SSSR count). The molecular formula is C13H17N3O2. The lowest BCUT2D eigenvalue weighted by molar-refractivity contribution is -0.0126. The second-order valence-corrected chi connectivity index (χ2v) is 4.62. The minimum atomic E-state index is 0.192. The van der Waals surface area contributed by atoms with Crippen molar-refractivity contribution in [2.45, 2.75) is 25.4 Å². The first-order chi connectivity index (χ1) is 8.81. The average molecular weight is 247 g/mol. The van der Waals surface area contributed by atoms with Gasteiger partial charge in [-0.2, -0.15) is 4.98 Å². The molecule has 3 N–H and O–H groups in total. The third-order valence-corrected chi connectivity index (χ3v) is 3.16. The topological polar surface area (TPSA) is 73.2 Å². The zero-order valence-corrected chi connectivity index (χ0v) is 10.2. The minimum absolute atomic E-state index is 0.192. The Bertz CT molecular complexity index is 532. The molecule has 2 heterocycles. The Hall–Kier alpha value is -1.75. The van der Waals surface area contributed by atoms with Crippen molar-refractivity contribution >= 4 is 16.7 Å². The summed E-state index contributed by atoms with van der Waals surface area (Å²) in [6, 6.07) is 6.10. The largest absolute Gasteiger partial charge is 0.462 e. The van der Waals surface area contributed by atoms with Crippen molar-refractivity contribution in [1.29, 1.82) is 0 Å². The van der Waals surface area contributed by atoms with E-state index in [1.165, 1.54) is 6.42 Å². The van der Waals surface area contributed by atoms with Gasteiger partial charge in [-0.05, 0) is 37.5 Å². The summed E-state index contributed by atoms with van der Waals surface area (Å²) in [6.07, 6.45) is 3.62. The second-order valence-electron chi connectivity index (χ2n) is 4.62. The smallest absolute Gasteiger partial charge is 0.294 e. The van der Waals surface area contributed by atoms with Crippen LogP contribution in [0, 0.1) is 0 Å². The molecule has 96 valence electrons. The lowest BCUT2D eigenvalue weighted by Crippen LogP contribution is -2.26. The summed E-state index contributed by atoms with van der Waals surface area (Å²) in [6.45, 7) is 1.39. The van der Waals surface area contributed by atoms with Gasteiger partial charge in [0.2, 0.25) is 0 Å². The first-order valence-corrected chi connectivity index (χ1v) is 6.31. The zero-order valence-electron chi connectivity index (χ0n) is 10.2. The molecule has 1 aromatic heterocycles. The summed E-state index contributed by atoms with van der Waals surface area (Å²) in [5.41, 5.74) is 8.19. The monoisotopic (exact) mass is 247 g/mol. The second kappa shape index (κ2) is 4.86. The van der Waals surface area contributed by atoms with Gasteiger partial charge in [-0.25, -0.2) is 0 Å². The number of aromatic amines is 1. The Morgan fingerprint density at radius 1 is 1.44 bits per heavy atom. The van der Waals surface area contributed by atoms with Gasteiger partial charge in [-0.3, -0.25) is 0 Å². The number of fused-ring (bicyclic) bond motifs is 1. The fourth-order valence-electron chi connectivity index (χ4n) is 2.18. The quantitative estimate of drug-likeness (QED) is 0.814. The van der Waals surface area contributed by atoms with E-state index in [9.17, 15) is 0 Å². The molecule has 0 amide bonds. The number of ether oxygens (including phenoxy) is 2. The zero-order chi connectivity index (χ0) is 12.4. The van der Waals surface area contributed by atoms with Crippen LogP contribution >= 0.6 is 0 Å². The number of nitrogens with zero attached hydrogens (tertiary/aromatic N) is 1. The van der Waals surface area contributed by atoms with Gasteiger partial charge in [-0.15, -0.1) is 0 Å². The maximum absolute atomic E-state index is 5.72. The number of anilines is 1. The molecule has 1 saturated heterocycles. The summed E-state index contributed by atoms with van der Waals surface area (Å²) in [5.74, 6) is 0. The molecule has 5 nitrogen and oxygen atoms in total. The van der Waals surface area contributed by atoms with E-state index in [1.54, 1.807) is 0 Å². The molecule has 1 aliphatic heterocycles. The number of nitrogen functional groups attached to an aromatic ring is 1. The Kier molecular flexibility index (Phi) is 3.06. The fourth-order valence-corrected chi connectivity index (χ4v) is 2.18. The van der Waals surface area contributed by atoms with Crippen molar-refractivity contribution in [1.82, 2.24) is 9.97 Å². The molecule has 1 unspecified atom stereocenters. The maximum atomic E-state index is 5.72. The summed E-state index contributed by atoms with van der Waals surface area (Å²) < 4.78 is 11.2. The van der Waals surface area contributed by atoms with Gasteiger partial charge in [0.05, 0.1) is 17.1 Å². The highest BCUT2D eigenvalue weighted by Crippen LogP contribution is 2.19. The molecule has 1 fully saturated rings. The first kappa shape index (κ1) is 11.3. The van der Waals surface area contributed by atoms with Gasteiger partial charge in [0.1, 0.15) is 6.61 Å². The molecule has 5 heteroatoms. The molecule has 1 aromatic carbocycles. The number of benzene rings is 1. The van der Waals surface area contributed by atoms with E-state index in [0.717, 1.165) is 30.5 Å². The predicted molar refractivity (Wildman–Crippen MR) is 69.6 cm³/mol. The molecular weight excluding hydrogens is 230 g/mol. The molecule has 18 heavy (non-hydrogen) atoms. The highest BCUT2D eigenvalue weighted by molar-refractivity contribution is 5.79. The number of nitrogens with two attached hydrogens (primary N) is 1. The Labute approximate surface area is 105 Å². The van der Waals surface area contributed by atoms with Crippen molar-refractivity contribution in [2.75, 3.05) is 18.9 Å². The van der Waals surface area contributed by atoms with Gasteiger partial charge in [0, 0.05) is 12.3 Å². The van der Waals surface area contributed by atoms with Gasteiger partial charge in [0.15, 0.2) is 0 Å². The molecule has 0 saturated carbocycles. The SMILES string of the molecule is Nc1ccc2nc(OCC3CCCCO3)[nH]c2c1. The van der Waals surface area contributed by atoms with E-state index in [1.807, 2.05) is 18.2 Å². The normalized spacial score (nSPS) is 20.1. The van der Waals surface area contributed by atoms with Crippen LogP contribution in [0.4, 0.5) is 5.69 Å². The summed E-state index contributed by atoms with van der Waals surface area (Å²) in [4.78, 5) is 7.46. The maximum Gasteiger partial charge on any atom is 0.294 e. The van der Waals surface area contributed by atoms with Gasteiger partial charge in [-0.1, -0.05) is 0 Å². The van der Waals surface area contributed by atoms with Crippen LogP contribution in [0.2, 0.25) is 0 Å². The van der Waals surface area contributed by atoms with Crippen LogP contribution in [-0.2, 0) is 4.74 Å². The number of imidazole rings is 1. The van der Waals surface area contributed by atoms with Crippen LogP contribution in [0.3, 0.4) is 0 Å². The summed E-state index contributed by atoms with van der Waals surface area (Å²) in [7, 11) is 0. The Morgan fingerprint density at radius 3 is 3.22 bits per heavy atom. The van der Waals surface area contributed by atoms with Crippen molar-refractivity contribution in [3.05, 3.63) is 18.2 Å². The number of hydrogen-bond donors (Lipinski definition) is 2. The van der Waals surface area contributed by atoms with Crippen molar-refractivity contribution in [2.24, 2.45) is 0 Å². The predicted octanol–water partition coefficient (Wildman–Crippen LogP) is 2.09. The van der Waals surface area contributed by atoms with E-state index < -0.39 is 0 Å². The van der Waals surface area contributed by atoms with Crippen molar-refractivity contribution < 1.29 is 9.47 Å². The van der Waals surface area contributed by atoms with Crippen LogP contribution in [0.25, 0.3) is 11.0 Å². The molecule has 1 aliphatic rings. The molecule has 2 aromatic rings. The van der Waals surface area contributed by atoms with Crippen LogP contribution in [-0.4, -0.2) is 29.3 Å². The summed E-state index contributed by atoms with van der Waals surface area (Å²) in [5, 5.41) is 0. The van der Waals surface area contributed by atoms with Gasteiger partial charge >= 0.3 is 0 Å². The molecule has 0 bridgehead atoms. The van der Waals surface area contributed by atoms with E-state index in [2.05, 4.69) is 9.97 Å². The third kappa shape index (κ3) is 2.41. The molecule has 0 spiro atoms. The Morgan fingerprint density at radius 2 is 2.39 bits per heavy atom. The van der Waals surface area contributed by atoms with E-state index >= 15 is 0 Å². The molecule has 0 aliphatic carbocycles. The average Bonchev–Trinajstić information content (AvgIpc) is 2.79. The molecule has 0 radical (unpaired) electrons. The number of H-pyrrole nitrogens is 1. The summed E-state index contributed by atoms with van der Waals surface area (Å²) >= 11 is 0. The lowest BCUT2D eigenvalue weighted by atomic mass is 10.1. The van der Waals surface area contributed by atoms with Crippen molar-refractivity contribution in [3.63, 3.8) is 0 Å². The first-order valence-electron chi connectivity index (χ1n) is 6.31. The highest BCUT2D eigenvalue weighted by Gasteiger charge is 2.15. The fraction of sp³-hybridized carbons (Fsp3) is 0.462.